The van der Waals surface area contributed by atoms with Gasteiger partial charge in [0.25, 0.3) is 0 Å². The lowest BCUT2D eigenvalue weighted by Gasteiger charge is -2.19. The number of nitrogens with one attached hydrogen (secondary N) is 1. The Bertz CT molecular complexity index is 814. The van der Waals surface area contributed by atoms with Crippen LogP contribution in [0.25, 0.3) is 0 Å². The number of rotatable bonds is 6. The van der Waals surface area contributed by atoms with Gasteiger partial charge in [0.1, 0.15) is 5.82 Å². The van der Waals surface area contributed by atoms with E-state index in [1.54, 1.807) is 6.92 Å². The summed E-state index contributed by atoms with van der Waals surface area (Å²) in [5.74, 6) is 1.72. The standard InChI is InChI=1S/C29H42N2O/c1-3-25-20-21-28(27-14-12-10-8-6-4-5-7-9-11-13-15-27)31-29(25)30-22-24-16-18-26(19-17-24)23(2)32/h16-21,27H,3-15,22H2,1-2H3,(H,30,31). The molecule has 0 aliphatic heterocycles. The average molecular weight is 435 g/mol. The van der Waals surface area contributed by atoms with Crippen LogP contribution in [0, 0.1) is 0 Å². The fourth-order valence-electron chi connectivity index (χ4n) is 4.85. The lowest BCUT2D eigenvalue weighted by Crippen LogP contribution is -2.09. The smallest absolute Gasteiger partial charge is 0.159 e. The molecule has 1 fully saturated rings. The zero-order chi connectivity index (χ0) is 22.6. The first-order valence-corrected chi connectivity index (χ1v) is 13.0. The highest BCUT2D eigenvalue weighted by Crippen LogP contribution is 2.30. The van der Waals surface area contributed by atoms with Crippen LogP contribution in [-0.2, 0) is 13.0 Å². The second-order valence-corrected chi connectivity index (χ2v) is 9.51. The molecule has 0 unspecified atom stereocenters. The van der Waals surface area contributed by atoms with Gasteiger partial charge < -0.3 is 5.32 Å². The van der Waals surface area contributed by atoms with E-state index in [4.69, 9.17) is 4.98 Å². The number of anilines is 1. The van der Waals surface area contributed by atoms with E-state index in [2.05, 4.69) is 24.4 Å². The number of hydrogen-bond acceptors (Lipinski definition) is 3. The Morgan fingerprint density at radius 1 is 0.844 bits per heavy atom. The van der Waals surface area contributed by atoms with Gasteiger partial charge in [0.15, 0.2) is 5.78 Å². The minimum atomic E-state index is 0.111. The Labute approximate surface area is 195 Å². The molecule has 1 saturated carbocycles. The third-order valence-electron chi connectivity index (χ3n) is 6.98. The fraction of sp³-hybridized carbons (Fsp3) is 0.586. The molecule has 1 heterocycles. The molecule has 3 heteroatoms. The van der Waals surface area contributed by atoms with Crippen molar-refractivity contribution in [3.05, 3.63) is 58.8 Å². The molecule has 1 aliphatic rings. The molecule has 1 aromatic heterocycles. The summed E-state index contributed by atoms with van der Waals surface area (Å²) >= 11 is 0. The molecule has 0 saturated heterocycles. The Morgan fingerprint density at radius 2 is 1.41 bits per heavy atom. The third kappa shape index (κ3) is 7.76. The van der Waals surface area contributed by atoms with Gasteiger partial charge in [-0.3, -0.25) is 4.79 Å². The second-order valence-electron chi connectivity index (χ2n) is 9.51. The predicted molar refractivity (Wildman–Crippen MR) is 136 cm³/mol. The molecule has 0 radical (unpaired) electrons. The Balaban J connectivity index is 1.68. The number of aryl methyl sites for hydroxylation is 1. The summed E-state index contributed by atoms with van der Waals surface area (Å²) < 4.78 is 0. The minimum Gasteiger partial charge on any atom is -0.366 e. The van der Waals surface area contributed by atoms with Crippen LogP contribution in [-0.4, -0.2) is 10.8 Å². The van der Waals surface area contributed by atoms with E-state index >= 15 is 0 Å². The molecule has 1 aromatic carbocycles. The van der Waals surface area contributed by atoms with E-state index in [0.717, 1.165) is 24.3 Å². The SMILES string of the molecule is CCc1ccc(C2CCCCCCCCCCCC2)nc1NCc1ccc(C(C)=O)cc1. The van der Waals surface area contributed by atoms with Gasteiger partial charge in [-0.2, -0.15) is 0 Å². The summed E-state index contributed by atoms with van der Waals surface area (Å²) in [6, 6.07) is 12.5. The van der Waals surface area contributed by atoms with E-state index in [0.29, 0.717) is 5.92 Å². The first kappa shape index (κ1) is 24.5. The number of Topliss-reactive ketones (excluding diaryl/α,β-unsaturated/α-hetero) is 1. The highest BCUT2D eigenvalue weighted by molar-refractivity contribution is 5.94. The first-order valence-electron chi connectivity index (χ1n) is 13.0. The molecule has 1 aliphatic carbocycles. The molecule has 2 aromatic rings. The number of pyridine rings is 1. The Hall–Kier alpha value is -2.16. The highest BCUT2D eigenvalue weighted by Gasteiger charge is 2.15. The van der Waals surface area contributed by atoms with Crippen molar-refractivity contribution < 1.29 is 4.79 Å². The monoisotopic (exact) mass is 434 g/mol. The molecular formula is C29H42N2O. The van der Waals surface area contributed by atoms with Gasteiger partial charge in [-0.05, 0) is 43.4 Å². The number of benzene rings is 1. The van der Waals surface area contributed by atoms with Gasteiger partial charge in [0.05, 0.1) is 0 Å². The van der Waals surface area contributed by atoms with Gasteiger partial charge in [-0.15, -0.1) is 0 Å². The van der Waals surface area contributed by atoms with Gasteiger partial charge in [0.2, 0.25) is 0 Å². The van der Waals surface area contributed by atoms with Crippen LogP contribution in [0.15, 0.2) is 36.4 Å². The van der Waals surface area contributed by atoms with E-state index in [1.807, 2.05) is 24.3 Å². The van der Waals surface area contributed by atoms with Crippen molar-refractivity contribution in [2.75, 3.05) is 5.32 Å². The molecule has 1 N–H and O–H groups in total. The summed E-state index contributed by atoms with van der Waals surface area (Å²) in [4.78, 5) is 16.7. The molecule has 32 heavy (non-hydrogen) atoms. The van der Waals surface area contributed by atoms with Crippen molar-refractivity contribution >= 4 is 11.6 Å². The van der Waals surface area contributed by atoms with E-state index < -0.39 is 0 Å². The second kappa shape index (κ2) is 13.4. The number of carbonyl (C=O) groups excluding carboxylic acids is 1. The van der Waals surface area contributed by atoms with E-state index in [9.17, 15) is 4.79 Å². The van der Waals surface area contributed by atoms with E-state index in [-0.39, 0.29) is 5.78 Å². The molecule has 0 bridgehead atoms. The maximum atomic E-state index is 11.5. The maximum Gasteiger partial charge on any atom is 0.159 e. The van der Waals surface area contributed by atoms with Crippen LogP contribution in [0.5, 0.6) is 0 Å². The average Bonchev–Trinajstić information content (AvgIpc) is 2.84. The molecule has 0 atom stereocenters. The van der Waals surface area contributed by atoms with Crippen molar-refractivity contribution in [3.8, 4) is 0 Å². The lowest BCUT2D eigenvalue weighted by molar-refractivity contribution is 0.101. The number of carbonyl (C=O) groups is 1. The van der Waals surface area contributed by atoms with Crippen molar-refractivity contribution in [3.63, 3.8) is 0 Å². The molecule has 174 valence electrons. The summed E-state index contributed by atoms with van der Waals surface area (Å²) in [7, 11) is 0. The largest absolute Gasteiger partial charge is 0.366 e. The van der Waals surface area contributed by atoms with Crippen LogP contribution in [0.2, 0.25) is 0 Å². The Morgan fingerprint density at radius 3 is 1.94 bits per heavy atom. The summed E-state index contributed by atoms with van der Waals surface area (Å²) in [6.45, 7) is 4.54. The zero-order valence-electron chi connectivity index (χ0n) is 20.3. The van der Waals surface area contributed by atoms with E-state index in [1.165, 1.54) is 93.9 Å². The normalized spacial score (nSPS) is 17.1. The topological polar surface area (TPSA) is 42.0 Å². The van der Waals surface area contributed by atoms with Gasteiger partial charge in [-0.1, -0.05) is 101 Å². The van der Waals surface area contributed by atoms with Crippen molar-refractivity contribution in [2.24, 2.45) is 0 Å². The van der Waals surface area contributed by atoms with Crippen molar-refractivity contribution in [1.29, 1.82) is 0 Å². The number of aromatic nitrogens is 1. The van der Waals surface area contributed by atoms with Crippen LogP contribution >= 0.6 is 0 Å². The van der Waals surface area contributed by atoms with Gasteiger partial charge >= 0.3 is 0 Å². The predicted octanol–water partition coefficient (Wildman–Crippen LogP) is 8.24. The van der Waals surface area contributed by atoms with Crippen molar-refractivity contribution in [1.82, 2.24) is 4.98 Å². The quantitative estimate of drug-likeness (QED) is 0.465. The van der Waals surface area contributed by atoms with Crippen LogP contribution in [0.4, 0.5) is 5.82 Å². The molecular weight excluding hydrogens is 392 g/mol. The van der Waals surface area contributed by atoms with Gasteiger partial charge in [0, 0.05) is 23.7 Å². The first-order chi connectivity index (χ1) is 15.7. The van der Waals surface area contributed by atoms with Crippen LogP contribution in [0.3, 0.4) is 0 Å². The molecule has 0 spiro atoms. The van der Waals surface area contributed by atoms with Crippen molar-refractivity contribution in [2.45, 2.75) is 110 Å². The third-order valence-corrected chi connectivity index (χ3v) is 6.98. The zero-order valence-corrected chi connectivity index (χ0v) is 20.3. The van der Waals surface area contributed by atoms with Gasteiger partial charge in [-0.25, -0.2) is 4.98 Å². The fourth-order valence-corrected chi connectivity index (χ4v) is 4.85. The number of hydrogen-bond donors (Lipinski definition) is 1. The molecule has 3 rings (SSSR count). The molecule has 0 amide bonds. The number of nitrogens with zero attached hydrogens (tertiary/aromatic N) is 1. The number of ketones is 1. The maximum absolute atomic E-state index is 11.5. The van der Waals surface area contributed by atoms with Crippen LogP contribution in [0.1, 0.15) is 124 Å². The highest BCUT2D eigenvalue weighted by atomic mass is 16.1. The minimum absolute atomic E-state index is 0.111. The summed E-state index contributed by atoms with van der Waals surface area (Å²) in [5.41, 5.74) is 4.48. The summed E-state index contributed by atoms with van der Waals surface area (Å²) in [6.07, 6.45) is 17.4. The molecule has 3 nitrogen and oxygen atoms in total. The Kier molecular flexibility index (Phi) is 10.3. The summed E-state index contributed by atoms with van der Waals surface area (Å²) in [5, 5.41) is 3.59. The lowest BCUT2D eigenvalue weighted by atomic mass is 9.91. The van der Waals surface area contributed by atoms with Crippen LogP contribution < -0.4 is 5.32 Å².